The fourth-order valence-electron chi connectivity index (χ4n) is 2.28. The highest BCUT2D eigenvalue weighted by atomic mass is 35.5. The van der Waals surface area contributed by atoms with E-state index >= 15 is 0 Å². The van der Waals surface area contributed by atoms with Gasteiger partial charge >= 0.3 is 0 Å². The third kappa shape index (κ3) is 3.63. The first-order chi connectivity index (χ1) is 8.29. The molecule has 1 aliphatic rings. The molecule has 17 heavy (non-hydrogen) atoms. The number of halogens is 1. The Hall–Kier alpha value is -0.710. The minimum atomic E-state index is 0.223. The molecule has 0 aromatic carbocycles. The van der Waals surface area contributed by atoms with Crippen molar-refractivity contribution in [3.8, 4) is 0 Å². The molecule has 1 unspecified atom stereocenters. The monoisotopic (exact) mass is 255 g/mol. The van der Waals surface area contributed by atoms with Gasteiger partial charge in [0.05, 0.1) is 24.7 Å². The fraction of sp³-hybridized carbons (Fsp3) is 0.667. The molecule has 1 N–H and O–H groups in total. The van der Waals surface area contributed by atoms with Gasteiger partial charge in [-0.15, -0.1) is 0 Å². The molecule has 1 aromatic rings. The van der Waals surface area contributed by atoms with Crippen molar-refractivity contribution in [1.82, 2.24) is 14.9 Å². The Bertz CT molecular complexity index is 344. The Balaban J connectivity index is 2.01. The maximum atomic E-state index is 9.41. The van der Waals surface area contributed by atoms with Gasteiger partial charge in [-0.2, -0.15) is 0 Å². The van der Waals surface area contributed by atoms with E-state index in [9.17, 15) is 5.11 Å². The molecule has 1 aliphatic heterocycles. The van der Waals surface area contributed by atoms with Gasteiger partial charge in [-0.3, -0.25) is 9.88 Å². The molecule has 4 nitrogen and oxygen atoms in total. The van der Waals surface area contributed by atoms with Crippen LogP contribution in [0, 0.1) is 0 Å². The summed E-state index contributed by atoms with van der Waals surface area (Å²) in [5, 5.41) is 9.83. The van der Waals surface area contributed by atoms with Crippen molar-refractivity contribution < 1.29 is 5.11 Å². The summed E-state index contributed by atoms with van der Waals surface area (Å²) in [4.78, 5) is 10.6. The molecule has 1 atom stereocenters. The van der Waals surface area contributed by atoms with Crippen molar-refractivity contribution in [2.24, 2.45) is 0 Å². The molecular weight excluding hydrogens is 238 g/mol. The van der Waals surface area contributed by atoms with Gasteiger partial charge in [0.15, 0.2) is 0 Å². The largest absolute Gasteiger partial charge is 0.395 e. The maximum absolute atomic E-state index is 9.41. The van der Waals surface area contributed by atoms with Crippen molar-refractivity contribution in [3.63, 3.8) is 0 Å². The summed E-state index contributed by atoms with van der Waals surface area (Å²) in [5.41, 5.74) is 0.912. The molecule has 1 saturated heterocycles. The predicted molar refractivity (Wildman–Crippen MR) is 66.8 cm³/mol. The van der Waals surface area contributed by atoms with Crippen LogP contribution in [0.4, 0.5) is 0 Å². The molecule has 0 aliphatic carbocycles. The SMILES string of the molecule is OCC1CCCCCN1Cc1cnc(Cl)cn1. The first-order valence-corrected chi connectivity index (χ1v) is 6.48. The molecule has 2 rings (SSSR count). The molecule has 2 heterocycles. The number of nitrogens with zero attached hydrogens (tertiary/aromatic N) is 3. The normalized spacial score (nSPS) is 22.4. The zero-order valence-corrected chi connectivity index (χ0v) is 10.6. The Morgan fingerprint density at radius 1 is 1.29 bits per heavy atom. The van der Waals surface area contributed by atoms with Crippen LogP contribution >= 0.6 is 11.6 Å². The molecule has 0 amide bonds. The van der Waals surface area contributed by atoms with Crippen molar-refractivity contribution in [2.45, 2.75) is 38.3 Å². The van der Waals surface area contributed by atoms with Gasteiger partial charge in [0, 0.05) is 12.6 Å². The number of aromatic nitrogens is 2. The number of aliphatic hydroxyl groups is 1. The number of likely N-dealkylation sites (tertiary alicyclic amines) is 1. The fourth-order valence-corrected chi connectivity index (χ4v) is 2.38. The minimum Gasteiger partial charge on any atom is -0.395 e. The van der Waals surface area contributed by atoms with Crippen LogP contribution in [-0.4, -0.2) is 39.2 Å². The van der Waals surface area contributed by atoms with E-state index < -0.39 is 0 Å². The number of hydrogen-bond acceptors (Lipinski definition) is 4. The second kappa shape index (κ2) is 6.28. The quantitative estimate of drug-likeness (QED) is 0.896. The third-order valence-electron chi connectivity index (χ3n) is 3.25. The highest BCUT2D eigenvalue weighted by Crippen LogP contribution is 2.18. The lowest BCUT2D eigenvalue weighted by Gasteiger charge is -2.27. The van der Waals surface area contributed by atoms with Crippen LogP contribution in [-0.2, 0) is 6.54 Å². The molecular formula is C12H18ClN3O. The van der Waals surface area contributed by atoms with Crippen LogP contribution in [0.5, 0.6) is 0 Å². The average Bonchev–Trinajstić information content (AvgIpc) is 2.57. The van der Waals surface area contributed by atoms with E-state index in [4.69, 9.17) is 11.6 Å². The van der Waals surface area contributed by atoms with Crippen molar-refractivity contribution in [2.75, 3.05) is 13.2 Å². The second-order valence-corrected chi connectivity index (χ2v) is 4.87. The van der Waals surface area contributed by atoms with Crippen LogP contribution in [0.1, 0.15) is 31.4 Å². The van der Waals surface area contributed by atoms with Crippen molar-refractivity contribution in [3.05, 3.63) is 23.2 Å². The van der Waals surface area contributed by atoms with Crippen LogP contribution < -0.4 is 0 Å². The summed E-state index contributed by atoms with van der Waals surface area (Å²) >= 11 is 5.71. The molecule has 94 valence electrons. The summed E-state index contributed by atoms with van der Waals surface area (Å²) in [6, 6.07) is 0.259. The van der Waals surface area contributed by atoms with Crippen LogP contribution in [0.25, 0.3) is 0 Å². The smallest absolute Gasteiger partial charge is 0.147 e. The molecule has 1 aromatic heterocycles. The van der Waals surface area contributed by atoms with Crippen molar-refractivity contribution in [1.29, 1.82) is 0 Å². The van der Waals surface area contributed by atoms with Crippen LogP contribution in [0.3, 0.4) is 0 Å². The molecule has 0 spiro atoms. The van der Waals surface area contributed by atoms with Gasteiger partial charge < -0.3 is 5.11 Å². The first kappa shape index (κ1) is 12.7. The molecule has 1 fully saturated rings. The van der Waals surface area contributed by atoms with Gasteiger partial charge in [-0.25, -0.2) is 4.98 Å². The lowest BCUT2D eigenvalue weighted by molar-refractivity contribution is 0.117. The van der Waals surface area contributed by atoms with E-state index in [0.29, 0.717) is 5.15 Å². The Morgan fingerprint density at radius 2 is 2.18 bits per heavy atom. The number of hydrogen-bond donors (Lipinski definition) is 1. The molecule has 0 saturated carbocycles. The van der Waals surface area contributed by atoms with Gasteiger partial charge in [-0.1, -0.05) is 24.4 Å². The Labute approximate surface area is 107 Å². The zero-order chi connectivity index (χ0) is 12.1. The Kier molecular flexibility index (Phi) is 4.71. The first-order valence-electron chi connectivity index (χ1n) is 6.11. The van der Waals surface area contributed by atoms with Gasteiger partial charge in [-0.05, 0) is 19.4 Å². The Morgan fingerprint density at radius 3 is 2.88 bits per heavy atom. The standard InChI is InChI=1S/C12H18ClN3O/c13-12-7-14-10(6-15-12)8-16-5-3-1-2-4-11(16)9-17/h6-7,11,17H,1-5,8-9H2. The summed E-state index contributed by atoms with van der Waals surface area (Å²) in [6.07, 6.45) is 7.99. The van der Waals surface area contributed by atoms with Gasteiger partial charge in [0.1, 0.15) is 5.15 Å². The summed E-state index contributed by atoms with van der Waals surface area (Å²) in [5.74, 6) is 0. The molecule has 0 radical (unpaired) electrons. The summed E-state index contributed by atoms with van der Waals surface area (Å²) in [6.45, 7) is 1.99. The molecule has 5 heteroatoms. The lowest BCUT2D eigenvalue weighted by Crippen LogP contribution is -2.37. The van der Waals surface area contributed by atoms with Crippen molar-refractivity contribution >= 4 is 11.6 Å². The molecule has 0 bridgehead atoms. The second-order valence-electron chi connectivity index (χ2n) is 4.49. The highest BCUT2D eigenvalue weighted by molar-refractivity contribution is 6.29. The van der Waals surface area contributed by atoms with E-state index in [1.165, 1.54) is 19.3 Å². The van der Waals surface area contributed by atoms with E-state index in [2.05, 4.69) is 14.9 Å². The number of rotatable bonds is 3. The van der Waals surface area contributed by atoms with E-state index in [1.54, 1.807) is 12.4 Å². The van der Waals surface area contributed by atoms with Crippen LogP contribution in [0.2, 0.25) is 5.15 Å². The van der Waals surface area contributed by atoms with Gasteiger partial charge in [0.2, 0.25) is 0 Å². The summed E-state index contributed by atoms with van der Waals surface area (Å²) < 4.78 is 0. The summed E-state index contributed by atoms with van der Waals surface area (Å²) in [7, 11) is 0. The maximum Gasteiger partial charge on any atom is 0.147 e. The number of aliphatic hydroxyl groups excluding tert-OH is 1. The van der Waals surface area contributed by atoms with Crippen LogP contribution in [0.15, 0.2) is 12.4 Å². The van der Waals surface area contributed by atoms with E-state index in [1.807, 2.05) is 0 Å². The average molecular weight is 256 g/mol. The zero-order valence-electron chi connectivity index (χ0n) is 9.85. The van der Waals surface area contributed by atoms with E-state index in [-0.39, 0.29) is 12.6 Å². The minimum absolute atomic E-state index is 0.223. The topological polar surface area (TPSA) is 49.2 Å². The third-order valence-corrected chi connectivity index (χ3v) is 3.44. The lowest BCUT2D eigenvalue weighted by atomic mass is 10.1. The predicted octanol–water partition coefficient (Wildman–Crippen LogP) is 1.87. The van der Waals surface area contributed by atoms with E-state index in [0.717, 1.165) is 25.2 Å². The van der Waals surface area contributed by atoms with Gasteiger partial charge in [0.25, 0.3) is 0 Å². The highest BCUT2D eigenvalue weighted by Gasteiger charge is 2.20.